The molecule has 3 aromatic rings. The quantitative estimate of drug-likeness (QED) is 0.589. The van der Waals surface area contributed by atoms with Crippen LogP contribution in [0.3, 0.4) is 0 Å². The van der Waals surface area contributed by atoms with Crippen molar-refractivity contribution in [1.82, 2.24) is 10.2 Å². The fourth-order valence-electron chi connectivity index (χ4n) is 2.00. The second-order valence-corrected chi connectivity index (χ2v) is 7.74. The van der Waals surface area contributed by atoms with Gasteiger partial charge >= 0.3 is 0 Å². The Morgan fingerprint density at radius 1 is 1.32 bits per heavy atom. The van der Waals surface area contributed by atoms with Gasteiger partial charge in [0.1, 0.15) is 5.75 Å². The highest BCUT2D eigenvalue weighted by atomic mass is 35.5. The maximum absolute atomic E-state index is 12.5. The van der Waals surface area contributed by atoms with Gasteiger partial charge < -0.3 is 4.74 Å². The normalized spacial score (nSPS) is 12.0. The van der Waals surface area contributed by atoms with Crippen LogP contribution >= 0.6 is 45.9 Å². The Balaban J connectivity index is 1.69. The van der Waals surface area contributed by atoms with Crippen LogP contribution in [-0.4, -0.2) is 22.2 Å². The molecule has 0 saturated carbocycles. The maximum Gasteiger partial charge on any atom is 0.267 e. The van der Waals surface area contributed by atoms with Crippen LogP contribution in [0.2, 0.25) is 10.0 Å². The molecule has 0 spiro atoms. The van der Waals surface area contributed by atoms with E-state index in [1.165, 1.54) is 11.3 Å². The van der Waals surface area contributed by atoms with E-state index in [0.717, 1.165) is 9.88 Å². The summed E-state index contributed by atoms with van der Waals surface area (Å²) < 4.78 is 5.72. The van der Waals surface area contributed by atoms with E-state index in [9.17, 15) is 4.79 Å². The number of thiophene rings is 1. The number of halogens is 2. The monoisotopic (exact) mass is 413 g/mol. The fourth-order valence-corrected chi connectivity index (χ4v) is 3.87. The predicted octanol–water partition coefficient (Wildman–Crippen LogP) is 5.37. The lowest BCUT2D eigenvalue weighted by Gasteiger charge is -2.17. The third kappa shape index (κ3) is 4.49. The minimum Gasteiger partial charge on any atom is -0.479 e. The van der Waals surface area contributed by atoms with Gasteiger partial charge in [-0.25, -0.2) is 0 Å². The van der Waals surface area contributed by atoms with E-state index in [0.29, 0.717) is 27.3 Å². The van der Waals surface area contributed by atoms with Gasteiger partial charge in [-0.3, -0.25) is 10.1 Å². The van der Waals surface area contributed by atoms with Crippen molar-refractivity contribution < 1.29 is 9.53 Å². The van der Waals surface area contributed by atoms with Crippen LogP contribution < -0.4 is 10.1 Å². The van der Waals surface area contributed by atoms with Crippen LogP contribution in [0.5, 0.6) is 5.75 Å². The first-order valence-corrected chi connectivity index (χ1v) is 9.82. The molecule has 0 fully saturated rings. The Labute approximate surface area is 162 Å². The van der Waals surface area contributed by atoms with Crippen molar-refractivity contribution in [2.45, 2.75) is 19.4 Å². The Hall–Kier alpha value is -1.67. The number of hydrogen-bond donors (Lipinski definition) is 1. The zero-order chi connectivity index (χ0) is 17.8. The molecule has 25 heavy (non-hydrogen) atoms. The highest BCUT2D eigenvalue weighted by molar-refractivity contribution is 7.23. The van der Waals surface area contributed by atoms with Crippen LogP contribution in [0.1, 0.15) is 13.3 Å². The second-order valence-electron chi connectivity index (χ2n) is 4.97. The van der Waals surface area contributed by atoms with Crippen molar-refractivity contribution in [3.8, 4) is 15.6 Å². The van der Waals surface area contributed by atoms with Crippen molar-refractivity contribution in [1.29, 1.82) is 0 Å². The third-order valence-electron chi connectivity index (χ3n) is 3.21. The van der Waals surface area contributed by atoms with E-state index in [1.54, 1.807) is 29.5 Å². The predicted molar refractivity (Wildman–Crippen MR) is 103 cm³/mol. The molecule has 2 heterocycles. The number of benzene rings is 1. The summed E-state index contributed by atoms with van der Waals surface area (Å²) >= 11 is 14.9. The van der Waals surface area contributed by atoms with Crippen molar-refractivity contribution in [3.63, 3.8) is 0 Å². The van der Waals surface area contributed by atoms with Gasteiger partial charge in [-0.15, -0.1) is 21.5 Å². The molecule has 0 aliphatic rings. The molecule has 1 unspecified atom stereocenters. The van der Waals surface area contributed by atoms with Gasteiger partial charge in [0, 0.05) is 11.1 Å². The molecule has 0 saturated heterocycles. The molecule has 1 aromatic carbocycles. The molecule has 3 rings (SSSR count). The first kappa shape index (κ1) is 18.1. The van der Waals surface area contributed by atoms with E-state index < -0.39 is 6.10 Å². The lowest BCUT2D eigenvalue weighted by molar-refractivity contribution is -0.122. The van der Waals surface area contributed by atoms with Crippen molar-refractivity contribution in [2.75, 3.05) is 5.32 Å². The number of rotatable bonds is 6. The molecule has 5 nitrogen and oxygen atoms in total. The summed E-state index contributed by atoms with van der Waals surface area (Å²) in [6.07, 6.45) is -0.254. The topological polar surface area (TPSA) is 64.1 Å². The first-order valence-electron chi connectivity index (χ1n) is 7.36. The van der Waals surface area contributed by atoms with E-state index in [1.807, 2.05) is 24.4 Å². The fraction of sp³-hybridized carbons (Fsp3) is 0.188. The van der Waals surface area contributed by atoms with Crippen LogP contribution in [-0.2, 0) is 4.79 Å². The molecule has 1 atom stereocenters. The lowest BCUT2D eigenvalue weighted by Crippen LogP contribution is -2.32. The lowest BCUT2D eigenvalue weighted by atomic mass is 10.2. The van der Waals surface area contributed by atoms with Gasteiger partial charge in [0.25, 0.3) is 5.91 Å². The molecule has 0 aliphatic carbocycles. The average Bonchev–Trinajstić information content (AvgIpc) is 3.26. The molecule has 1 N–H and O–H groups in total. The molecule has 9 heteroatoms. The van der Waals surface area contributed by atoms with Crippen LogP contribution in [0.15, 0.2) is 35.7 Å². The molecule has 0 bridgehead atoms. The van der Waals surface area contributed by atoms with E-state index >= 15 is 0 Å². The van der Waals surface area contributed by atoms with Gasteiger partial charge in [-0.05, 0) is 30.0 Å². The summed E-state index contributed by atoms with van der Waals surface area (Å²) in [7, 11) is 0. The number of hydrogen-bond acceptors (Lipinski definition) is 6. The molecular weight excluding hydrogens is 401 g/mol. The molecule has 0 aliphatic heterocycles. The molecule has 2 aromatic heterocycles. The minimum atomic E-state index is -0.718. The van der Waals surface area contributed by atoms with Crippen molar-refractivity contribution in [3.05, 3.63) is 45.8 Å². The Morgan fingerprint density at radius 2 is 2.16 bits per heavy atom. The number of anilines is 1. The number of nitrogens with zero attached hydrogens (tertiary/aromatic N) is 2. The van der Waals surface area contributed by atoms with Crippen LogP contribution in [0.25, 0.3) is 9.88 Å². The van der Waals surface area contributed by atoms with E-state index in [-0.39, 0.29) is 5.91 Å². The van der Waals surface area contributed by atoms with Gasteiger partial charge in [0.2, 0.25) is 5.13 Å². The number of amides is 1. The average molecular weight is 414 g/mol. The van der Waals surface area contributed by atoms with Gasteiger partial charge in [0.15, 0.2) is 11.1 Å². The number of carbonyl (C=O) groups excluding carboxylic acids is 1. The van der Waals surface area contributed by atoms with Crippen LogP contribution in [0, 0.1) is 0 Å². The zero-order valence-corrected chi connectivity index (χ0v) is 16.2. The first-order chi connectivity index (χ1) is 12.1. The van der Waals surface area contributed by atoms with E-state index in [2.05, 4.69) is 15.5 Å². The summed E-state index contributed by atoms with van der Waals surface area (Å²) in [6.45, 7) is 1.85. The second kappa shape index (κ2) is 8.14. The number of nitrogens with one attached hydrogen (secondary N) is 1. The Morgan fingerprint density at radius 3 is 2.88 bits per heavy atom. The summed E-state index contributed by atoms with van der Waals surface area (Å²) in [6, 6.07) is 8.76. The van der Waals surface area contributed by atoms with Crippen molar-refractivity contribution >= 4 is 56.9 Å². The van der Waals surface area contributed by atoms with Crippen LogP contribution in [0.4, 0.5) is 5.13 Å². The minimum absolute atomic E-state index is 0.313. The summed E-state index contributed by atoms with van der Waals surface area (Å²) in [4.78, 5) is 13.5. The van der Waals surface area contributed by atoms with Crippen molar-refractivity contribution in [2.24, 2.45) is 0 Å². The number of carbonyl (C=O) groups is 1. The van der Waals surface area contributed by atoms with Gasteiger partial charge in [-0.1, -0.05) is 47.5 Å². The maximum atomic E-state index is 12.5. The highest BCUT2D eigenvalue weighted by Crippen LogP contribution is 2.31. The standard InChI is InChI=1S/C16H13Cl2N3O2S2/c1-2-11(23-12-8-9(17)5-6-10(12)18)14(22)19-16-21-20-15(25-16)13-4-3-7-24-13/h3-8,11H,2H2,1H3,(H,19,21,22). The van der Waals surface area contributed by atoms with E-state index in [4.69, 9.17) is 27.9 Å². The number of ether oxygens (including phenoxy) is 1. The van der Waals surface area contributed by atoms with Gasteiger partial charge in [-0.2, -0.15) is 0 Å². The Kier molecular flexibility index (Phi) is 5.90. The molecule has 130 valence electrons. The number of aromatic nitrogens is 2. The largest absolute Gasteiger partial charge is 0.479 e. The molecule has 1 amide bonds. The summed E-state index contributed by atoms with van der Waals surface area (Å²) in [5.41, 5.74) is 0. The SMILES string of the molecule is CCC(Oc1cc(Cl)ccc1Cl)C(=O)Nc1nnc(-c2cccs2)s1. The molecule has 0 radical (unpaired) electrons. The summed E-state index contributed by atoms with van der Waals surface area (Å²) in [5, 5.41) is 14.9. The summed E-state index contributed by atoms with van der Waals surface area (Å²) in [5.74, 6) is 0.0557. The molecular formula is C16H13Cl2N3O2S2. The highest BCUT2D eigenvalue weighted by Gasteiger charge is 2.21. The Bertz CT molecular complexity index is 868. The zero-order valence-electron chi connectivity index (χ0n) is 13.0. The van der Waals surface area contributed by atoms with Gasteiger partial charge in [0.05, 0.1) is 9.90 Å². The third-order valence-corrected chi connectivity index (χ3v) is 5.64. The smallest absolute Gasteiger partial charge is 0.267 e.